The van der Waals surface area contributed by atoms with Gasteiger partial charge in [-0.3, -0.25) is 11.3 Å². The molecule has 21 heavy (non-hydrogen) atoms. The van der Waals surface area contributed by atoms with Crippen molar-refractivity contribution in [3.05, 3.63) is 29.3 Å². The van der Waals surface area contributed by atoms with Gasteiger partial charge in [0, 0.05) is 6.04 Å². The number of nitrogens with one attached hydrogen (secondary N) is 1. The summed E-state index contributed by atoms with van der Waals surface area (Å²) in [5.74, 6) is 7.61. The van der Waals surface area contributed by atoms with Crippen molar-refractivity contribution in [1.29, 1.82) is 0 Å². The average Bonchev–Trinajstić information content (AvgIpc) is 2.75. The molecule has 1 unspecified atom stereocenters. The highest BCUT2D eigenvalue weighted by Crippen LogP contribution is 2.28. The Morgan fingerprint density at radius 1 is 1.24 bits per heavy atom. The van der Waals surface area contributed by atoms with E-state index in [4.69, 9.17) is 10.6 Å². The Morgan fingerprint density at radius 2 is 1.95 bits per heavy atom. The first kappa shape index (κ1) is 16.3. The van der Waals surface area contributed by atoms with E-state index in [0.717, 1.165) is 18.1 Å². The lowest BCUT2D eigenvalue weighted by atomic mass is 9.90. The SMILES string of the molecule is COc1ccc(C)cc1CC(CC1CCCCCC1)NN. The van der Waals surface area contributed by atoms with E-state index in [1.807, 2.05) is 0 Å². The molecule has 1 saturated carbocycles. The molecule has 1 atom stereocenters. The molecule has 0 aliphatic heterocycles. The lowest BCUT2D eigenvalue weighted by molar-refractivity contribution is 0.347. The number of methoxy groups -OCH3 is 1. The van der Waals surface area contributed by atoms with Crippen LogP contribution in [0.15, 0.2) is 18.2 Å². The van der Waals surface area contributed by atoms with Gasteiger partial charge in [-0.15, -0.1) is 0 Å². The van der Waals surface area contributed by atoms with E-state index in [-0.39, 0.29) is 0 Å². The number of rotatable bonds is 6. The smallest absolute Gasteiger partial charge is 0.122 e. The largest absolute Gasteiger partial charge is 0.496 e. The fourth-order valence-corrected chi connectivity index (χ4v) is 3.54. The zero-order valence-electron chi connectivity index (χ0n) is 13.5. The van der Waals surface area contributed by atoms with Crippen molar-refractivity contribution in [2.75, 3.05) is 7.11 Å². The molecule has 1 aromatic carbocycles. The number of nitrogens with two attached hydrogens (primary N) is 1. The summed E-state index contributed by atoms with van der Waals surface area (Å²) < 4.78 is 5.49. The number of ether oxygens (including phenoxy) is 1. The molecular weight excluding hydrogens is 260 g/mol. The molecule has 1 aliphatic carbocycles. The van der Waals surface area contributed by atoms with E-state index in [9.17, 15) is 0 Å². The lowest BCUT2D eigenvalue weighted by Crippen LogP contribution is -2.38. The van der Waals surface area contributed by atoms with E-state index < -0.39 is 0 Å². The van der Waals surface area contributed by atoms with Crippen LogP contribution in [0, 0.1) is 12.8 Å². The van der Waals surface area contributed by atoms with E-state index >= 15 is 0 Å². The molecule has 3 heteroatoms. The number of hydrogen-bond acceptors (Lipinski definition) is 3. The molecule has 0 heterocycles. The van der Waals surface area contributed by atoms with Crippen LogP contribution in [-0.4, -0.2) is 13.2 Å². The summed E-state index contributed by atoms with van der Waals surface area (Å²) in [6, 6.07) is 6.71. The molecule has 1 fully saturated rings. The van der Waals surface area contributed by atoms with Gasteiger partial charge in [-0.05, 0) is 37.3 Å². The van der Waals surface area contributed by atoms with Gasteiger partial charge in [0.2, 0.25) is 0 Å². The molecule has 1 aliphatic rings. The Bertz CT molecular complexity index is 425. The predicted octanol–water partition coefficient (Wildman–Crippen LogP) is 3.74. The minimum Gasteiger partial charge on any atom is -0.496 e. The standard InChI is InChI=1S/C18H30N2O/c1-14-9-10-18(21-2)16(11-14)13-17(20-19)12-15-7-5-3-4-6-8-15/h9-11,15,17,20H,3-8,12-13,19H2,1-2H3. The summed E-state index contributed by atoms with van der Waals surface area (Å²) in [4.78, 5) is 0. The Morgan fingerprint density at radius 3 is 2.57 bits per heavy atom. The summed E-state index contributed by atoms with van der Waals surface area (Å²) in [7, 11) is 1.74. The first-order valence-corrected chi connectivity index (χ1v) is 8.32. The molecule has 3 N–H and O–H groups in total. The van der Waals surface area contributed by atoms with E-state index in [0.29, 0.717) is 6.04 Å². The van der Waals surface area contributed by atoms with Crippen LogP contribution in [-0.2, 0) is 6.42 Å². The Balaban J connectivity index is 1.99. The summed E-state index contributed by atoms with van der Waals surface area (Å²) in [6.45, 7) is 2.12. The Hall–Kier alpha value is -1.06. The molecule has 0 radical (unpaired) electrons. The normalized spacial score (nSPS) is 18.2. The monoisotopic (exact) mass is 290 g/mol. The van der Waals surface area contributed by atoms with E-state index in [2.05, 4.69) is 30.5 Å². The number of benzene rings is 1. The average molecular weight is 290 g/mol. The van der Waals surface area contributed by atoms with Gasteiger partial charge in [-0.1, -0.05) is 56.2 Å². The fourth-order valence-electron chi connectivity index (χ4n) is 3.54. The van der Waals surface area contributed by atoms with Crippen LogP contribution >= 0.6 is 0 Å². The Labute approximate surface area is 129 Å². The molecular formula is C18H30N2O. The summed E-state index contributed by atoms with van der Waals surface area (Å²) in [5, 5.41) is 0. The van der Waals surface area contributed by atoms with Gasteiger partial charge in [0.25, 0.3) is 0 Å². The van der Waals surface area contributed by atoms with Crippen LogP contribution in [0.1, 0.15) is 56.1 Å². The fraction of sp³-hybridized carbons (Fsp3) is 0.667. The molecule has 0 spiro atoms. The van der Waals surface area contributed by atoms with Crippen molar-refractivity contribution in [2.45, 2.75) is 64.3 Å². The maximum Gasteiger partial charge on any atom is 0.122 e. The quantitative estimate of drug-likeness (QED) is 0.476. The molecule has 2 rings (SSSR count). The van der Waals surface area contributed by atoms with Gasteiger partial charge < -0.3 is 4.74 Å². The second-order valence-electron chi connectivity index (χ2n) is 6.48. The van der Waals surface area contributed by atoms with Crippen LogP contribution in [0.4, 0.5) is 0 Å². The van der Waals surface area contributed by atoms with Crippen molar-refractivity contribution in [2.24, 2.45) is 11.8 Å². The lowest BCUT2D eigenvalue weighted by Gasteiger charge is -2.23. The van der Waals surface area contributed by atoms with Crippen molar-refractivity contribution >= 4 is 0 Å². The zero-order valence-corrected chi connectivity index (χ0v) is 13.5. The van der Waals surface area contributed by atoms with Crippen molar-refractivity contribution in [3.8, 4) is 5.75 Å². The van der Waals surface area contributed by atoms with Crippen molar-refractivity contribution in [1.82, 2.24) is 5.43 Å². The van der Waals surface area contributed by atoms with Crippen LogP contribution < -0.4 is 16.0 Å². The van der Waals surface area contributed by atoms with Gasteiger partial charge in [0.15, 0.2) is 0 Å². The maximum atomic E-state index is 5.82. The highest BCUT2D eigenvalue weighted by molar-refractivity contribution is 5.37. The van der Waals surface area contributed by atoms with E-state index in [1.165, 1.54) is 56.1 Å². The molecule has 0 aromatic heterocycles. The molecule has 118 valence electrons. The van der Waals surface area contributed by atoms with Gasteiger partial charge >= 0.3 is 0 Å². The zero-order chi connectivity index (χ0) is 15.1. The van der Waals surface area contributed by atoms with Crippen LogP contribution in [0.3, 0.4) is 0 Å². The molecule has 3 nitrogen and oxygen atoms in total. The molecule has 0 bridgehead atoms. The Kier molecular flexibility index (Phi) is 6.52. The van der Waals surface area contributed by atoms with Gasteiger partial charge in [-0.2, -0.15) is 0 Å². The first-order valence-electron chi connectivity index (χ1n) is 8.32. The minimum atomic E-state index is 0.337. The maximum absolute atomic E-state index is 5.82. The predicted molar refractivity (Wildman–Crippen MR) is 88.4 cm³/mol. The van der Waals surface area contributed by atoms with Crippen molar-refractivity contribution in [3.63, 3.8) is 0 Å². The van der Waals surface area contributed by atoms with Gasteiger partial charge in [0.1, 0.15) is 5.75 Å². The summed E-state index contributed by atoms with van der Waals surface area (Å²) >= 11 is 0. The third kappa shape index (κ3) is 5.01. The van der Waals surface area contributed by atoms with Gasteiger partial charge in [0.05, 0.1) is 7.11 Å². The molecule has 1 aromatic rings. The topological polar surface area (TPSA) is 47.3 Å². The third-order valence-corrected chi connectivity index (χ3v) is 4.73. The van der Waals surface area contributed by atoms with Crippen molar-refractivity contribution < 1.29 is 4.74 Å². The first-order chi connectivity index (χ1) is 10.2. The second-order valence-corrected chi connectivity index (χ2v) is 6.48. The highest BCUT2D eigenvalue weighted by Gasteiger charge is 2.19. The number of aryl methyl sites for hydroxylation is 1. The summed E-state index contributed by atoms with van der Waals surface area (Å²) in [6.07, 6.45) is 10.4. The molecule has 0 amide bonds. The van der Waals surface area contributed by atoms with E-state index in [1.54, 1.807) is 7.11 Å². The second kappa shape index (κ2) is 8.40. The number of hydrazine groups is 1. The van der Waals surface area contributed by atoms with Gasteiger partial charge in [-0.25, -0.2) is 0 Å². The molecule has 0 saturated heterocycles. The minimum absolute atomic E-state index is 0.337. The number of hydrogen-bond donors (Lipinski definition) is 2. The highest BCUT2D eigenvalue weighted by atomic mass is 16.5. The van der Waals surface area contributed by atoms with Crippen LogP contribution in [0.5, 0.6) is 5.75 Å². The van der Waals surface area contributed by atoms with Crippen LogP contribution in [0.25, 0.3) is 0 Å². The summed E-state index contributed by atoms with van der Waals surface area (Å²) in [5.41, 5.74) is 5.57. The third-order valence-electron chi connectivity index (χ3n) is 4.73. The van der Waals surface area contributed by atoms with Crippen LogP contribution in [0.2, 0.25) is 0 Å².